The highest BCUT2D eigenvalue weighted by atomic mass is 127. The second kappa shape index (κ2) is 5.06. The number of carbonyl (C=O) groups is 2. The van der Waals surface area contributed by atoms with Gasteiger partial charge in [0.2, 0.25) is 6.29 Å². The van der Waals surface area contributed by atoms with E-state index in [1.54, 1.807) is 0 Å². The van der Waals surface area contributed by atoms with Gasteiger partial charge in [0.15, 0.2) is 0 Å². The first kappa shape index (κ1) is 10.3. The number of nitrogens with one attached hydrogen (secondary N) is 1. The molecule has 1 amide bonds. The maximum absolute atomic E-state index is 10.5. The van der Waals surface area contributed by atoms with E-state index in [-0.39, 0.29) is 35.4 Å². The van der Waals surface area contributed by atoms with E-state index in [4.69, 9.17) is 0 Å². The lowest BCUT2D eigenvalue weighted by Crippen LogP contribution is -3.15. The Morgan fingerprint density at radius 1 is 1.64 bits per heavy atom. The van der Waals surface area contributed by atoms with Crippen LogP contribution in [-0.2, 0) is 9.59 Å². The number of quaternary nitrogens is 2. The standard InChI is InChI=1S/C2H4N6O2.HI/c9-1-2(10)8-6-4-3-5-7-8;/h1,8H,4H2;1H/p-1. The second-order valence-corrected chi connectivity index (χ2v) is 1.36. The molecule has 0 bridgehead atoms. The van der Waals surface area contributed by atoms with Crippen molar-refractivity contribution in [2.75, 3.05) is 0 Å². The average molecular weight is 271 g/mol. The van der Waals surface area contributed by atoms with E-state index in [2.05, 4.69) is 21.5 Å². The van der Waals surface area contributed by atoms with Gasteiger partial charge < -0.3 is 29.5 Å². The van der Waals surface area contributed by atoms with Gasteiger partial charge in [0, 0.05) is 0 Å². The molecule has 0 aliphatic carbocycles. The minimum absolute atomic E-state index is 0. The van der Waals surface area contributed by atoms with E-state index in [0.717, 1.165) is 5.53 Å². The monoisotopic (exact) mass is 271 g/mol. The fourth-order valence-electron chi connectivity index (χ4n) is 0.363. The summed E-state index contributed by atoms with van der Waals surface area (Å²) in [5, 5.41) is 6.08. The molecule has 0 saturated carbocycles. The van der Waals surface area contributed by atoms with Crippen molar-refractivity contribution in [3.63, 3.8) is 0 Å². The number of carbonyl (C=O) groups excluding carboxylic acids is 2. The number of nitrogens with zero attached hydrogens (tertiary/aromatic N) is 4. The van der Waals surface area contributed by atoms with Crippen LogP contribution >= 0.6 is 0 Å². The fraction of sp³-hybridized carbons (Fsp3) is 0. The van der Waals surface area contributed by atoms with Crippen molar-refractivity contribution in [2.45, 2.75) is 0 Å². The maximum atomic E-state index is 10.5. The Morgan fingerprint density at radius 3 is 2.82 bits per heavy atom. The topological polar surface area (TPSA) is 108 Å². The van der Waals surface area contributed by atoms with Crippen LogP contribution in [0.15, 0.2) is 10.4 Å². The molecule has 0 aromatic rings. The molecule has 0 radical (unpaired) electrons. The van der Waals surface area contributed by atoms with E-state index in [1.165, 1.54) is 0 Å². The van der Waals surface area contributed by atoms with Crippen LogP contribution in [0.5, 0.6) is 0 Å². The highest BCUT2D eigenvalue weighted by Crippen LogP contribution is 1.74. The average Bonchev–Trinajstić information content (AvgIpc) is 2.05. The number of aldehydes is 1. The number of halogens is 1. The van der Waals surface area contributed by atoms with E-state index in [0.29, 0.717) is 0 Å². The van der Waals surface area contributed by atoms with Crippen molar-refractivity contribution in [1.82, 2.24) is 0 Å². The first-order valence-electron chi connectivity index (χ1n) is 2.34. The first-order valence-corrected chi connectivity index (χ1v) is 2.34. The first-order chi connectivity index (χ1) is 4.84. The Morgan fingerprint density at radius 2 is 2.36 bits per heavy atom. The molecule has 0 saturated heterocycles. The van der Waals surface area contributed by atoms with Crippen LogP contribution in [0.2, 0.25) is 0 Å². The zero-order chi connectivity index (χ0) is 7.40. The van der Waals surface area contributed by atoms with Crippen LogP contribution in [0.3, 0.4) is 0 Å². The summed E-state index contributed by atoms with van der Waals surface area (Å²) in [5.74, 6) is -0.796. The van der Waals surface area contributed by atoms with Gasteiger partial charge >= 0.3 is 5.91 Å². The Kier molecular flexibility index (Phi) is 4.76. The van der Waals surface area contributed by atoms with Crippen molar-refractivity contribution in [3.8, 4) is 0 Å². The highest BCUT2D eigenvalue weighted by Gasteiger charge is 2.08. The largest absolute Gasteiger partial charge is 1.00 e. The predicted molar refractivity (Wildman–Crippen MR) is 25.5 cm³/mol. The minimum atomic E-state index is -0.796. The van der Waals surface area contributed by atoms with Gasteiger partial charge in [-0.2, -0.15) is 16.0 Å². The molecule has 1 aliphatic heterocycles. The molecule has 3 N–H and O–H groups in total. The van der Waals surface area contributed by atoms with E-state index in [9.17, 15) is 9.59 Å². The van der Waals surface area contributed by atoms with Crippen molar-refractivity contribution in [3.05, 3.63) is 11.1 Å². The molecular formula is C2H4IN6O2-. The Bertz CT molecular complexity index is 181. The smallest absolute Gasteiger partial charge is 0.382 e. The summed E-state index contributed by atoms with van der Waals surface area (Å²) in [5.41, 5.74) is 7.65. The molecule has 0 aromatic carbocycles. The van der Waals surface area contributed by atoms with E-state index >= 15 is 0 Å². The lowest BCUT2D eigenvalue weighted by molar-refractivity contribution is -0.898. The van der Waals surface area contributed by atoms with Crippen LogP contribution in [0.1, 0.15) is 0 Å². The summed E-state index contributed by atoms with van der Waals surface area (Å²) in [6.45, 7) is 0. The summed E-state index contributed by atoms with van der Waals surface area (Å²) in [4.78, 5) is 20.3. The maximum Gasteiger partial charge on any atom is 0.382 e. The lowest BCUT2D eigenvalue weighted by Gasteiger charge is -2.26. The van der Waals surface area contributed by atoms with Crippen LogP contribution in [-0.4, -0.2) is 12.2 Å². The Labute approximate surface area is 78.3 Å². The molecule has 1 aliphatic rings. The van der Waals surface area contributed by atoms with Crippen LogP contribution in [0.4, 0.5) is 0 Å². The van der Waals surface area contributed by atoms with Crippen molar-refractivity contribution < 1.29 is 44.2 Å². The molecule has 62 valence electrons. The Balaban J connectivity index is 0.000001000. The summed E-state index contributed by atoms with van der Waals surface area (Å²) >= 11 is 0. The zero-order valence-corrected chi connectivity index (χ0v) is 7.30. The SMILES string of the molecule is O=CC(=O)[NH+]1N=N[N-][NH2+][N-]1.[I-]. The van der Waals surface area contributed by atoms with Crippen molar-refractivity contribution in [2.24, 2.45) is 10.4 Å². The molecule has 0 fully saturated rings. The normalized spacial score (nSPS) is 21.3. The highest BCUT2D eigenvalue weighted by molar-refractivity contribution is 6.18. The molecule has 8 nitrogen and oxygen atoms in total. The zero-order valence-electron chi connectivity index (χ0n) is 5.14. The van der Waals surface area contributed by atoms with Crippen LogP contribution < -0.4 is 34.6 Å². The molecule has 0 spiro atoms. The van der Waals surface area contributed by atoms with Crippen molar-refractivity contribution >= 4 is 12.2 Å². The molecule has 9 heteroatoms. The van der Waals surface area contributed by atoms with Crippen LogP contribution in [0, 0.1) is 0 Å². The quantitative estimate of drug-likeness (QED) is 0.214. The summed E-state index contributed by atoms with van der Waals surface area (Å²) in [6, 6.07) is 0. The third kappa shape index (κ3) is 2.83. The number of nitrogens with two attached hydrogens (primary N) is 1. The predicted octanol–water partition coefficient (Wildman–Crippen LogP) is -6.05. The fourth-order valence-corrected chi connectivity index (χ4v) is 0.363. The van der Waals surface area contributed by atoms with Gasteiger partial charge in [-0.25, -0.2) is 15.4 Å². The number of hydrogen-bond acceptors (Lipinski definition) is 4. The molecule has 11 heavy (non-hydrogen) atoms. The third-order valence-electron chi connectivity index (χ3n) is 0.750. The van der Waals surface area contributed by atoms with Gasteiger partial charge in [0.05, 0.1) is 0 Å². The lowest BCUT2D eigenvalue weighted by atomic mass is 10.7. The number of amides is 1. The van der Waals surface area contributed by atoms with Gasteiger partial charge in [0.25, 0.3) is 0 Å². The van der Waals surface area contributed by atoms with Gasteiger partial charge in [0.1, 0.15) is 0 Å². The molecule has 0 aromatic heterocycles. The van der Waals surface area contributed by atoms with Crippen LogP contribution in [0.25, 0.3) is 11.1 Å². The van der Waals surface area contributed by atoms with Gasteiger partial charge in [-0.15, -0.1) is 0 Å². The van der Waals surface area contributed by atoms with Crippen molar-refractivity contribution in [1.29, 1.82) is 0 Å². The second-order valence-electron chi connectivity index (χ2n) is 1.36. The summed E-state index contributed by atoms with van der Waals surface area (Å²) < 4.78 is 0. The molecule has 1 rings (SSSR count). The summed E-state index contributed by atoms with van der Waals surface area (Å²) in [6.07, 6.45) is 0.122. The van der Waals surface area contributed by atoms with Gasteiger partial charge in [-0.1, -0.05) is 0 Å². The van der Waals surface area contributed by atoms with E-state index in [1.807, 2.05) is 0 Å². The van der Waals surface area contributed by atoms with E-state index < -0.39 is 5.91 Å². The summed E-state index contributed by atoms with van der Waals surface area (Å²) in [7, 11) is 0. The minimum Gasteiger partial charge on any atom is -1.00 e. The van der Waals surface area contributed by atoms with Gasteiger partial charge in [-0.3, -0.25) is 4.79 Å². The van der Waals surface area contributed by atoms with Gasteiger partial charge in [-0.05, 0) is 0 Å². The molecular weight excluding hydrogens is 267 g/mol. The number of hydrogen-bond donors (Lipinski definition) is 2. The number of rotatable bonds is 1. The molecule has 1 unspecified atom stereocenters. The third-order valence-corrected chi connectivity index (χ3v) is 0.750. The molecule has 1 heterocycles. The molecule has 1 atom stereocenters. The Hall–Kier alpha value is -0.650.